The summed E-state index contributed by atoms with van der Waals surface area (Å²) in [6.07, 6.45) is 0.254. The van der Waals surface area contributed by atoms with Gasteiger partial charge in [0.25, 0.3) is 11.8 Å². The summed E-state index contributed by atoms with van der Waals surface area (Å²) in [6.45, 7) is 5.82. The lowest BCUT2D eigenvalue weighted by Crippen LogP contribution is -2.33. The zero-order valence-electron chi connectivity index (χ0n) is 19.1. The number of imide groups is 2. The highest BCUT2D eigenvalue weighted by molar-refractivity contribution is 6.17. The molecule has 0 unspecified atom stereocenters. The number of rotatable bonds is 8. The quantitative estimate of drug-likeness (QED) is 0.252. The van der Waals surface area contributed by atoms with E-state index in [0.717, 1.165) is 12.4 Å². The molecule has 0 saturated heterocycles. The second-order valence-corrected chi connectivity index (χ2v) is 6.38. The molecule has 1 aromatic rings. The third-order valence-corrected chi connectivity index (χ3v) is 3.79. The summed E-state index contributed by atoms with van der Waals surface area (Å²) >= 11 is 0. The minimum atomic E-state index is -0.954. The Morgan fingerprint density at radius 1 is 0.765 bits per heavy atom. The van der Waals surface area contributed by atoms with Crippen LogP contribution in [0.15, 0.2) is 56.9 Å². The van der Waals surface area contributed by atoms with Gasteiger partial charge in [0.1, 0.15) is 11.5 Å². The molecule has 0 atom stereocenters. The Kier molecular flexibility index (Phi) is 11.2. The van der Waals surface area contributed by atoms with E-state index in [0.29, 0.717) is 11.4 Å². The van der Waals surface area contributed by atoms with Gasteiger partial charge in [-0.05, 0) is 52.0 Å². The van der Waals surface area contributed by atoms with E-state index in [2.05, 4.69) is 19.5 Å². The Labute approximate surface area is 195 Å². The lowest BCUT2D eigenvalue weighted by atomic mass is 10.2. The summed E-state index contributed by atoms with van der Waals surface area (Å²) in [5.41, 5.74) is 0.290. The molecule has 0 aliphatic carbocycles. The third-order valence-electron chi connectivity index (χ3n) is 3.79. The van der Waals surface area contributed by atoms with Crippen LogP contribution in [0, 0.1) is 0 Å². The van der Waals surface area contributed by atoms with Crippen molar-refractivity contribution in [3.8, 4) is 0 Å². The van der Waals surface area contributed by atoms with Crippen LogP contribution in [0.5, 0.6) is 0 Å². The Bertz CT molecular complexity index is 948. The first-order valence-corrected chi connectivity index (χ1v) is 10.0. The van der Waals surface area contributed by atoms with Crippen LogP contribution < -0.4 is 10.6 Å². The SMILES string of the molecule is CCOC(=O)NC(=O)/C(C=Nc1ccc(N=C/C(C(=O)NC(=O)OCC)=C(/C)O)cc1)=C(\C)O. The number of aliphatic hydroxyl groups excluding tert-OH is 2. The van der Waals surface area contributed by atoms with Crippen molar-refractivity contribution in [1.82, 2.24) is 10.6 Å². The number of allylic oxidation sites excluding steroid dienone is 2. The van der Waals surface area contributed by atoms with Crippen LogP contribution in [0.1, 0.15) is 27.7 Å². The maximum absolute atomic E-state index is 12.1. The molecule has 0 bridgehead atoms. The van der Waals surface area contributed by atoms with Crippen LogP contribution in [0.25, 0.3) is 0 Å². The molecule has 0 spiro atoms. The second kappa shape index (κ2) is 13.8. The van der Waals surface area contributed by atoms with Gasteiger partial charge in [0.05, 0.1) is 35.7 Å². The van der Waals surface area contributed by atoms with Crippen molar-refractivity contribution in [1.29, 1.82) is 0 Å². The fraction of sp³-hybridized carbons (Fsp3) is 0.273. The van der Waals surface area contributed by atoms with Crippen LogP contribution in [0.3, 0.4) is 0 Å². The summed E-state index contributed by atoms with van der Waals surface area (Å²) in [7, 11) is 0. The lowest BCUT2D eigenvalue weighted by molar-refractivity contribution is -0.117. The zero-order valence-corrected chi connectivity index (χ0v) is 19.1. The maximum Gasteiger partial charge on any atom is 0.414 e. The average Bonchev–Trinajstić information content (AvgIpc) is 2.74. The number of hydrogen-bond acceptors (Lipinski definition) is 10. The monoisotopic (exact) mass is 474 g/mol. The van der Waals surface area contributed by atoms with Crippen LogP contribution in [0.2, 0.25) is 0 Å². The first kappa shape index (κ1) is 27.6. The number of amides is 4. The van der Waals surface area contributed by atoms with E-state index in [1.165, 1.54) is 38.1 Å². The molecule has 1 aromatic carbocycles. The van der Waals surface area contributed by atoms with Gasteiger partial charge in [0, 0.05) is 12.4 Å². The predicted molar refractivity (Wildman–Crippen MR) is 124 cm³/mol. The minimum Gasteiger partial charge on any atom is -0.512 e. The predicted octanol–water partition coefficient (Wildman–Crippen LogP) is 3.30. The van der Waals surface area contributed by atoms with E-state index in [1.807, 2.05) is 10.6 Å². The van der Waals surface area contributed by atoms with E-state index in [9.17, 15) is 29.4 Å². The number of benzene rings is 1. The van der Waals surface area contributed by atoms with Gasteiger partial charge in [-0.2, -0.15) is 0 Å². The van der Waals surface area contributed by atoms with Gasteiger partial charge in [-0.25, -0.2) is 9.59 Å². The van der Waals surface area contributed by atoms with Crippen LogP contribution in [-0.4, -0.2) is 59.9 Å². The Hall–Kier alpha value is -4.48. The van der Waals surface area contributed by atoms with Crippen molar-refractivity contribution in [2.24, 2.45) is 9.98 Å². The molecular formula is C22H26N4O8. The Morgan fingerprint density at radius 2 is 1.09 bits per heavy atom. The normalized spacial score (nSPS) is 12.6. The molecule has 12 heteroatoms. The van der Waals surface area contributed by atoms with Gasteiger partial charge in [-0.3, -0.25) is 30.2 Å². The molecule has 0 radical (unpaired) electrons. The second-order valence-electron chi connectivity index (χ2n) is 6.38. The van der Waals surface area contributed by atoms with Crippen molar-refractivity contribution in [2.45, 2.75) is 27.7 Å². The van der Waals surface area contributed by atoms with Gasteiger partial charge < -0.3 is 19.7 Å². The first-order chi connectivity index (χ1) is 16.1. The summed E-state index contributed by atoms with van der Waals surface area (Å²) in [4.78, 5) is 55.1. The molecule has 182 valence electrons. The molecule has 0 heterocycles. The van der Waals surface area contributed by atoms with E-state index in [-0.39, 0.29) is 35.9 Å². The van der Waals surface area contributed by atoms with Gasteiger partial charge in [0.15, 0.2) is 0 Å². The minimum absolute atomic E-state index is 0.0738. The van der Waals surface area contributed by atoms with Gasteiger partial charge in [-0.1, -0.05) is 0 Å². The molecule has 0 fully saturated rings. The standard InChI is InChI=1S/C22H26N4O8/c1-5-33-21(31)25-19(29)17(13(3)27)11-23-15-7-9-16(10-8-15)24-12-18(14(4)28)20(30)26-22(32)34-6-2/h7-12,27-28H,5-6H2,1-4H3,(H,25,29,31)(H,26,30,32)/b17-13+,18-14+,23-11?,24-12?. The molecule has 4 amide bonds. The van der Waals surface area contributed by atoms with Gasteiger partial charge in [0.2, 0.25) is 0 Å². The summed E-state index contributed by atoms with van der Waals surface area (Å²) in [5, 5.41) is 23.3. The number of carbonyl (C=O) groups is 4. The third kappa shape index (κ3) is 9.34. The molecule has 4 N–H and O–H groups in total. The Morgan fingerprint density at radius 3 is 1.35 bits per heavy atom. The number of hydrogen-bond donors (Lipinski definition) is 4. The molecule has 0 aliphatic rings. The van der Waals surface area contributed by atoms with Gasteiger partial charge >= 0.3 is 12.2 Å². The summed E-state index contributed by atoms with van der Waals surface area (Å²) in [5.74, 6) is -2.48. The molecular weight excluding hydrogens is 448 g/mol. The van der Waals surface area contributed by atoms with Crippen molar-refractivity contribution in [3.05, 3.63) is 46.9 Å². The summed E-state index contributed by atoms with van der Waals surface area (Å²) < 4.78 is 9.24. The van der Waals surface area contributed by atoms with Crippen molar-refractivity contribution < 1.29 is 38.9 Å². The molecule has 12 nitrogen and oxygen atoms in total. The Balaban J connectivity index is 2.93. The van der Waals surface area contributed by atoms with Gasteiger partial charge in [-0.15, -0.1) is 0 Å². The van der Waals surface area contributed by atoms with Crippen LogP contribution >= 0.6 is 0 Å². The van der Waals surface area contributed by atoms with E-state index < -0.39 is 24.0 Å². The zero-order chi connectivity index (χ0) is 25.7. The highest BCUT2D eigenvalue weighted by Gasteiger charge is 2.16. The molecule has 1 rings (SSSR count). The molecule has 0 aliphatic heterocycles. The van der Waals surface area contributed by atoms with Crippen molar-refractivity contribution in [3.63, 3.8) is 0 Å². The average molecular weight is 474 g/mol. The number of aliphatic imine (C=N–C) groups is 2. The molecule has 0 aromatic heterocycles. The molecule has 34 heavy (non-hydrogen) atoms. The number of aliphatic hydroxyl groups is 2. The number of nitrogens with one attached hydrogen (secondary N) is 2. The fourth-order valence-corrected chi connectivity index (χ4v) is 2.19. The van der Waals surface area contributed by atoms with Crippen molar-refractivity contribution >= 4 is 47.8 Å². The largest absolute Gasteiger partial charge is 0.512 e. The lowest BCUT2D eigenvalue weighted by Gasteiger charge is -2.06. The first-order valence-electron chi connectivity index (χ1n) is 10.0. The van der Waals surface area contributed by atoms with Crippen LogP contribution in [0.4, 0.5) is 21.0 Å². The van der Waals surface area contributed by atoms with E-state index >= 15 is 0 Å². The van der Waals surface area contributed by atoms with Crippen LogP contribution in [-0.2, 0) is 19.1 Å². The number of ether oxygens (including phenoxy) is 2. The highest BCUT2D eigenvalue weighted by Crippen LogP contribution is 2.19. The van der Waals surface area contributed by atoms with Crippen molar-refractivity contribution in [2.75, 3.05) is 13.2 Å². The topological polar surface area (TPSA) is 176 Å². The van der Waals surface area contributed by atoms with E-state index in [1.54, 1.807) is 13.8 Å². The fourth-order valence-electron chi connectivity index (χ4n) is 2.19. The smallest absolute Gasteiger partial charge is 0.414 e. The molecule has 0 saturated carbocycles. The van der Waals surface area contributed by atoms with E-state index in [4.69, 9.17) is 0 Å². The number of carbonyl (C=O) groups excluding carboxylic acids is 4. The highest BCUT2D eigenvalue weighted by atomic mass is 16.6. The summed E-state index contributed by atoms with van der Waals surface area (Å²) in [6, 6.07) is 6.13. The maximum atomic E-state index is 12.1. The number of alkyl carbamates (subject to hydrolysis) is 2. The number of nitrogens with zero attached hydrogens (tertiary/aromatic N) is 2.